The first-order valence-corrected chi connectivity index (χ1v) is 8.56. The first-order valence-electron chi connectivity index (χ1n) is 8.56. The summed E-state index contributed by atoms with van der Waals surface area (Å²) in [5.74, 6) is 0.783. The summed E-state index contributed by atoms with van der Waals surface area (Å²) in [5, 5.41) is 9.07. The number of nitrogens with zero attached hydrogens (tertiary/aromatic N) is 1. The van der Waals surface area contributed by atoms with Crippen LogP contribution in [-0.4, -0.2) is 37.3 Å². The first kappa shape index (κ1) is 20.5. The van der Waals surface area contributed by atoms with Gasteiger partial charge in [-0.25, -0.2) is 4.79 Å². The molecule has 0 aliphatic heterocycles. The minimum absolute atomic E-state index is 0.451. The number of anilines is 1. The smallest absolute Gasteiger partial charge is 0.412 e. The zero-order valence-corrected chi connectivity index (χ0v) is 15.7. The van der Waals surface area contributed by atoms with E-state index in [1.54, 1.807) is 6.08 Å². The van der Waals surface area contributed by atoms with E-state index in [1.165, 1.54) is 0 Å². The van der Waals surface area contributed by atoms with Crippen LogP contribution in [0.5, 0.6) is 0 Å². The summed E-state index contributed by atoms with van der Waals surface area (Å²) in [6, 6.07) is 7.69. The maximum absolute atomic E-state index is 11.7. The average molecular weight is 346 g/mol. The SMILES string of the molecule is C=CCNC(=NCCc1ccc(NC(=O)OC(C)(C)C)cc1)NCC. The molecule has 0 radical (unpaired) electrons. The average Bonchev–Trinajstić information content (AvgIpc) is 2.52. The van der Waals surface area contributed by atoms with Crippen molar-refractivity contribution in [2.75, 3.05) is 25.0 Å². The summed E-state index contributed by atoms with van der Waals surface area (Å²) >= 11 is 0. The number of amides is 1. The highest BCUT2D eigenvalue weighted by atomic mass is 16.6. The molecule has 0 fully saturated rings. The standard InChI is InChI=1S/C19H30N4O2/c1-6-13-21-17(20-7-2)22-14-12-15-8-10-16(11-9-15)23-18(24)25-19(3,4)5/h6,8-11H,1,7,12-14H2,2-5H3,(H,23,24)(H2,20,21,22). The molecule has 0 spiro atoms. The number of benzene rings is 1. The Bertz CT molecular complexity index is 574. The molecule has 6 heteroatoms. The molecular formula is C19H30N4O2. The molecule has 3 N–H and O–H groups in total. The predicted octanol–water partition coefficient (Wildman–Crippen LogP) is 3.32. The summed E-state index contributed by atoms with van der Waals surface area (Å²) in [6.07, 6.45) is 2.16. The Morgan fingerprint density at radius 1 is 1.24 bits per heavy atom. The van der Waals surface area contributed by atoms with E-state index in [9.17, 15) is 4.79 Å². The molecule has 0 heterocycles. The highest BCUT2D eigenvalue weighted by Gasteiger charge is 2.15. The van der Waals surface area contributed by atoms with E-state index in [1.807, 2.05) is 52.0 Å². The molecule has 1 aromatic carbocycles. The van der Waals surface area contributed by atoms with Crippen molar-refractivity contribution in [3.63, 3.8) is 0 Å². The van der Waals surface area contributed by atoms with Crippen LogP contribution in [0.1, 0.15) is 33.3 Å². The monoisotopic (exact) mass is 346 g/mol. The van der Waals surface area contributed by atoms with Gasteiger partial charge in [0.2, 0.25) is 0 Å². The molecule has 0 aromatic heterocycles. The summed E-state index contributed by atoms with van der Waals surface area (Å²) in [4.78, 5) is 16.3. The van der Waals surface area contributed by atoms with Crippen molar-refractivity contribution < 1.29 is 9.53 Å². The first-order chi connectivity index (χ1) is 11.8. The lowest BCUT2D eigenvalue weighted by Crippen LogP contribution is -2.37. The molecule has 0 aliphatic carbocycles. The molecule has 1 amide bonds. The van der Waals surface area contributed by atoms with Crippen molar-refractivity contribution in [3.05, 3.63) is 42.5 Å². The van der Waals surface area contributed by atoms with Gasteiger partial charge in [-0.3, -0.25) is 10.3 Å². The number of aliphatic imine (C=N–C) groups is 1. The predicted molar refractivity (Wildman–Crippen MR) is 104 cm³/mol. The fourth-order valence-electron chi connectivity index (χ4n) is 1.98. The lowest BCUT2D eigenvalue weighted by molar-refractivity contribution is 0.0636. The number of ether oxygens (including phenoxy) is 1. The Morgan fingerprint density at radius 2 is 1.92 bits per heavy atom. The molecule has 6 nitrogen and oxygen atoms in total. The minimum atomic E-state index is -0.508. The van der Waals surface area contributed by atoms with E-state index in [4.69, 9.17) is 4.74 Å². The van der Waals surface area contributed by atoms with Gasteiger partial charge >= 0.3 is 6.09 Å². The van der Waals surface area contributed by atoms with E-state index < -0.39 is 11.7 Å². The molecule has 0 bridgehead atoms. The van der Waals surface area contributed by atoms with Crippen molar-refractivity contribution in [1.82, 2.24) is 10.6 Å². The van der Waals surface area contributed by atoms with Gasteiger partial charge in [0, 0.05) is 25.3 Å². The highest BCUT2D eigenvalue weighted by molar-refractivity contribution is 5.84. The third-order valence-corrected chi connectivity index (χ3v) is 3.03. The maximum Gasteiger partial charge on any atom is 0.412 e. The molecule has 0 atom stereocenters. The Kier molecular flexibility index (Phi) is 8.53. The molecule has 0 saturated heterocycles. The van der Waals surface area contributed by atoms with Crippen LogP contribution < -0.4 is 16.0 Å². The van der Waals surface area contributed by atoms with Gasteiger partial charge < -0.3 is 15.4 Å². The van der Waals surface area contributed by atoms with Crippen LogP contribution in [0.2, 0.25) is 0 Å². The van der Waals surface area contributed by atoms with Crippen molar-refractivity contribution in [1.29, 1.82) is 0 Å². The van der Waals surface area contributed by atoms with Crippen molar-refractivity contribution in [2.45, 2.75) is 39.7 Å². The molecular weight excluding hydrogens is 316 g/mol. The van der Waals surface area contributed by atoms with Gasteiger partial charge in [0.1, 0.15) is 5.60 Å². The third kappa shape index (κ3) is 9.39. The van der Waals surface area contributed by atoms with E-state index in [0.29, 0.717) is 18.8 Å². The molecule has 1 rings (SSSR count). The summed E-state index contributed by atoms with van der Waals surface area (Å²) in [5.41, 5.74) is 1.35. The van der Waals surface area contributed by atoms with Crippen LogP contribution >= 0.6 is 0 Å². The zero-order valence-electron chi connectivity index (χ0n) is 15.7. The number of rotatable bonds is 7. The van der Waals surface area contributed by atoms with Crippen LogP contribution in [0.3, 0.4) is 0 Å². The van der Waals surface area contributed by atoms with Gasteiger partial charge in [-0.05, 0) is 51.8 Å². The number of carbonyl (C=O) groups is 1. The molecule has 0 saturated carbocycles. The second-order valence-corrected chi connectivity index (χ2v) is 6.50. The third-order valence-electron chi connectivity index (χ3n) is 3.03. The van der Waals surface area contributed by atoms with Gasteiger partial charge in [0.25, 0.3) is 0 Å². The van der Waals surface area contributed by atoms with Gasteiger partial charge in [0.05, 0.1) is 0 Å². The van der Waals surface area contributed by atoms with E-state index >= 15 is 0 Å². The Balaban J connectivity index is 2.50. The van der Waals surface area contributed by atoms with Gasteiger partial charge in [-0.1, -0.05) is 18.2 Å². The molecule has 0 unspecified atom stereocenters. The van der Waals surface area contributed by atoms with Crippen LogP contribution in [-0.2, 0) is 11.2 Å². The molecule has 25 heavy (non-hydrogen) atoms. The molecule has 138 valence electrons. The van der Waals surface area contributed by atoms with Gasteiger partial charge in [0.15, 0.2) is 5.96 Å². The fourth-order valence-corrected chi connectivity index (χ4v) is 1.98. The van der Waals surface area contributed by atoms with Gasteiger partial charge in [-0.2, -0.15) is 0 Å². The van der Waals surface area contributed by atoms with Crippen LogP contribution in [0.25, 0.3) is 0 Å². The van der Waals surface area contributed by atoms with Crippen LogP contribution in [0, 0.1) is 0 Å². The van der Waals surface area contributed by atoms with E-state index in [2.05, 4.69) is 27.5 Å². The molecule has 0 aliphatic rings. The summed E-state index contributed by atoms with van der Waals surface area (Å²) < 4.78 is 5.23. The minimum Gasteiger partial charge on any atom is -0.444 e. The lowest BCUT2D eigenvalue weighted by Gasteiger charge is -2.19. The number of guanidine groups is 1. The fraction of sp³-hybridized carbons (Fsp3) is 0.474. The maximum atomic E-state index is 11.7. The topological polar surface area (TPSA) is 74.8 Å². The summed E-state index contributed by atoms with van der Waals surface area (Å²) in [6.45, 7) is 13.4. The van der Waals surface area contributed by atoms with Crippen molar-refractivity contribution >= 4 is 17.7 Å². The van der Waals surface area contributed by atoms with Gasteiger partial charge in [-0.15, -0.1) is 6.58 Å². The largest absolute Gasteiger partial charge is 0.444 e. The highest BCUT2D eigenvalue weighted by Crippen LogP contribution is 2.13. The number of carbonyl (C=O) groups excluding carboxylic acids is 1. The van der Waals surface area contributed by atoms with E-state index in [-0.39, 0.29) is 0 Å². The van der Waals surface area contributed by atoms with Crippen LogP contribution in [0.15, 0.2) is 41.9 Å². The Morgan fingerprint density at radius 3 is 2.48 bits per heavy atom. The number of hydrogen-bond donors (Lipinski definition) is 3. The lowest BCUT2D eigenvalue weighted by atomic mass is 10.1. The number of nitrogens with one attached hydrogen (secondary N) is 3. The van der Waals surface area contributed by atoms with Crippen molar-refractivity contribution in [3.8, 4) is 0 Å². The second kappa shape index (κ2) is 10.4. The molecule has 1 aromatic rings. The quantitative estimate of drug-likeness (QED) is 0.402. The van der Waals surface area contributed by atoms with Crippen molar-refractivity contribution in [2.24, 2.45) is 4.99 Å². The second-order valence-electron chi connectivity index (χ2n) is 6.50. The Hall–Kier alpha value is -2.50. The number of hydrogen-bond acceptors (Lipinski definition) is 3. The van der Waals surface area contributed by atoms with E-state index in [0.717, 1.165) is 24.5 Å². The summed E-state index contributed by atoms with van der Waals surface area (Å²) in [7, 11) is 0. The normalized spacial score (nSPS) is 11.6. The van der Waals surface area contributed by atoms with Crippen LogP contribution in [0.4, 0.5) is 10.5 Å². The Labute approximate surface area is 150 Å². The zero-order chi connectivity index (χ0) is 18.7.